The van der Waals surface area contributed by atoms with Crippen molar-refractivity contribution in [3.63, 3.8) is 0 Å². The lowest BCUT2D eigenvalue weighted by Gasteiger charge is -2.27. The summed E-state index contributed by atoms with van der Waals surface area (Å²) in [6.45, 7) is 6.31. The molecule has 0 aliphatic heterocycles. The van der Waals surface area contributed by atoms with Gasteiger partial charge in [0.05, 0.1) is 5.60 Å². The molecule has 0 aliphatic carbocycles. The molecule has 0 aromatic rings. The maximum atomic E-state index is 9.51. The molecular weight excluding hydrogens is 114 g/mol. The van der Waals surface area contributed by atoms with Gasteiger partial charge in [0.15, 0.2) is 0 Å². The summed E-state index contributed by atoms with van der Waals surface area (Å²) in [6.07, 6.45) is 0.769. The zero-order valence-corrected chi connectivity index (χ0v) is 6.52. The van der Waals surface area contributed by atoms with Crippen molar-refractivity contribution in [3.8, 4) is 0 Å². The minimum absolute atomic E-state index is 0.197. The van der Waals surface area contributed by atoms with Gasteiger partial charge in [0, 0.05) is 0 Å². The van der Waals surface area contributed by atoms with Gasteiger partial charge in [-0.05, 0) is 25.8 Å². The minimum atomic E-state index is -0.575. The molecule has 9 heavy (non-hydrogen) atoms. The Bertz CT molecular complexity index is 81.0. The van der Waals surface area contributed by atoms with Gasteiger partial charge < -0.3 is 10.8 Å². The van der Waals surface area contributed by atoms with Gasteiger partial charge in [-0.25, -0.2) is 0 Å². The Morgan fingerprint density at radius 1 is 1.67 bits per heavy atom. The van der Waals surface area contributed by atoms with Crippen molar-refractivity contribution in [2.45, 2.75) is 32.8 Å². The standard InChI is InChI=1S/C7H17NO/c1-4-7(3,9)6(2)5-8/h6,9H,4-5,8H2,1-3H3. The van der Waals surface area contributed by atoms with Crippen molar-refractivity contribution in [2.24, 2.45) is 11.7 Å². The van der Waals surface area contributed by atoms with E-state index in [0.29, 0.717) is 6.54 Å². The lowest BCUT2D eigenvalue weighted by molar-refractivity contribution is 0.00628. The van der Waals surface area contributed by atoms with Gasteiger partial charge in [-0.15, -0.1) is 0 Å². The number of rotatable bonds is 3. The predicted molar refractivity (Wildman–Crippen MR) is 39.1 cm³/mol. The maximum Gasteiger partial charge on any atom is 0.0654 e. The van der Waals surface area contributed by atoms with Gasteiger partial charge in [-0.1, -0.05) is 13.8 Å². The van der Waals surface area contributed by atoms with Crippen LogP contribution in [0.5, 0.6) is 0 Å². The third kappa shape index (κ3) is 2.33. The highest BCUT2D eigenvalue weighted by atomic mass is 16.3. The van der Waals surface area contributed by atoms with Crippen LogP contribution in [0.15, 0.2) is 0 Å². The van der Waals surface area contributed by atoms with E-state index in [-0.39, 0.29) is 5.92 Å². The van der Waals surface area contributed by atoms with E-state index >= 15 is 0 Å². The second kappa shape index (κ2) is 3.18. The molecule has 0 fully saturated rings. The van der Waals surface area contributed by atoms with Crippen molar-refractivity contribution in [2.75, 3.05) is 6.54 Å². The molecule has 56 valence electrons. The molecule has 0 spiro atoms. The van der Waals surface area contributed by atoms with E-state index in [0.717, 1.165) is 6.42 Å². The van der Waals surface area contributed by atoms with Crippen molar-refractivity contribution >= 4 is 0 Å². The van der Waals surface area contributed by atoms with Crippen LogP contribution in [-0.4, -0.2) is 17.3 Å². The van der Waals surface area contributed by atoms with Crippen LogP contribution in [0.4, 0.5) is 0 Å². The molecule has 0 aromatic heterocycles. The number of hydrogen-bond acceptors (Lipinski definition) is 2. The SMILES string of the molecule is CCC(C)(O)C(C)CN. The van der Waals surface area contributed by atoms with Gasteiger partial charge >= 0.3 is 0 Å². The van der Waals surface area contributed by atoms with Crippen LogP contribution in [-0.2, 0) is 0 Å². The van der Waals surface area contributed by atoms with E-state index in [1.807, 2.05) is 20.8 Å². The zero-order valence-electron chi connectivity index (χ0n) is 6.52. The lowest BCUT2D eigenvalue weighted by atomic mass is 9.89. The fourth-order valence-electron chi connectivity index (χ4n) is 0.602. The molecule has 2 unspecified atom stereocenters. The molecule has 0 saturated heterocycles. The summed E-state index contributed by atoms with van der Waals surface area (Å²) < 4.78 is 0. The molecule has 2 nitrogen and oxygen atoms in total. The highest BCUT2D eigenvalue weighted by molar-refractivity contribution is 4.77. The van der Waals surface area contributed by atoms with Crippen molar-refractivity contribution in [1.29, 1.82) is 0 Å². The third-order valence-electron chi connectivity index (χ3n) is 2.13. The Kier molecular flexibility index (Phi) is 3.15. The first-order valence-electron chi connectivity index (χ1n) is 3.47. The second-order valence-corrected chi connectivity index (χ2v) is 2.85. The topological polar surface area (TPSA) is 46.2 Å². The summed E-state index contributed by atoms with van der Waals surface area (Å²) in [5.41, 5.74) is 4.80. The van der Waals surface area contributed by atoms with E-state index in [2.05, 4.69) is 0 Å². The lowest BCUT2D eigenvalue weighted by Crippen LogP contribution is -2.36. The molecular formula is C7H17NO. The van der Waals surface area contributed by atoms with Crippen LogP contribution in [0, 0.1) is 5.92 Å². The Labute approximate surface area is 57.1 Å². The number of aliphatic hydroxyl groups is 1. The summed E-state index contributed by atoms with van der Waals surface area (Å²) in [5.74, 6) is 0.197. The summed E-state index contributed by atoms with van der Waals surface area (Å²) in [6, 6.07) is 0. The van der Waals surface area contributed by atoms with Gasteiger partial charge in [0.1, 0.15) is 0 Å². The number of hydrogen-bond donors (Lipinski definition) is 2. The first-order chi connectivity index (χ1) is 4.04. The maximum absolute atomic E-state index is 9.51. The molecule has 0 bridgehead atoms. The highest BCUT2D eigenvalue weighted by Crippen LogP contribution is 2.18. The summed E-state index contributed by atoms with van der Waals surface area (Å²) in [7, 11) is 0. The molecule has 0 heterocycles. The smallest absolute Gasteiger partial charge is 0.0654 e. The van der Waals surface area contributed by atoms with E-state index in [1.165, 1.54) is 0 Å². The van der Waals surface area contributed by atoms with E-state index in [9.17, 15) is 5.11 Å². The fraction of sp³-hybridized carbons (Fsp3) is 1.00. The van der Waals surface area contributed by atoms with Gasteiger partial charge in [-0.3, -0.25) is 0 Å². The fourth-order valence-corrected chi connectivity index (χ4v) is 0.602. The Morgan fingerprint density at radius 3 is 2.22 bits per heavy atom. The van der Waals surface area contributed by atoms with Crippen molar-refractivity contribution in [1.82, 2.24) is 0 Å². The first-order valence-corrected chi connectivity index (χ1v) is 3.47. The average molecular weight is 131 g/mol. The molecule has 0 rings (SSSR count). The van der Waals surface area contributed by atoms with E-state index < -0.39 is 5.60 Å². The van der Waals surface area contributed by atoms with Crippen molar-refractivity contribution in [3.05, 3.63) is 0 Å². The Balaban J connectivity index is 3.80. The van der Waals surface area contributed by atoms with Crippen LogP contribution in [0.2, 0.25) is 0 Å². The molecule has 2 heteroatoms. The van der Waals surface area contributed by atoms with Crippen LogP contribution < -0.4 is 5.73 Å². The number of nitrogens with two attached hydrogens (primary N) is 1. The van der Waals surface area contributed by atoms with Gasteiger partial charge in [-0.2, -0.15) is 0 Å². The van der Waals surface area contributed by atoms with Crippen LogP contribution in [0.1, 0.15) is 27.2 Å². The van der Waals surface area contributed by atoms with Crippen LogP contribution >= 0.6 is 0 Å². The molecule has 0 amide bonds. The summed E-state index contributed by atoms with van der Waals surface area (Å²) >= 11 is 0. The Morgan fingerprint density at radius 2 is 2.11 bits per heavy atom. The molecule has 0 radical (unpaired) electrons. The minimum Gasteiger partial charge on any atom is -0.390 e. The van der Waals surface area contributed by atoms with Gasteiger partial charge in [0.2, 0.25) is 0 Å². The summed E-state index contributed by atoms with van der Waals surface area (Å²) in [4.78, 5) is 0. The average Bonchev–Trinajstić information content (AvgIpc) is 1.86. The zero-order chi connectivity index (χ0) is 7.49. The van der Waals surface area contributed by atoms with Crippen LogP contribution in [0.3, 0.4) is 0 Å². The third-order valence-corrected chi connectivity index (χ3v) is 2.13. The normalized spacial score (nSPS) is 21.0. The molecule has 0 saturated carbocycles. The van der Waals surface area contributed by atoms with E-state index in [1.54, 1.807) is 0 Å². The molecule has 3 N–H and O–H groups in total. The predicted octanol–water partition coefficient (Wildman–Crippen LogP) is 0.742. The second-order valence-electron chi connectivity index (χ2n) is 2.85. The molecule has 0 aromatic carbocycles. The quantitative estimate of drug-likeness (QED) is 0.593. The first kappa shape index (κ1) is 8.92. The molecule has 0 aliphatic rings. The monoisotopic (exact) mass is 131 g/mol. The highest BCUT2D eigenvalue weighted by Gasteiger charge is 2.24. The van der Waals surface area contributed by atoms with Crippen molar-refractivity contribution < 1.29 is 5.11 Å². The molecule has 2 atom stereocenters. The van der Waals surface area contributed by atoms with E-state index in [4.69, 9.17) is 5.73 Å². The summed E-state index contributed by atoms with van der Waals surface area (Å²) in [5, 5.41) is 9.51. The largest absolute Gasteiger partial charge is 0.390 e. The Hall–Kier alpha value is -0.0800. The van der Waals surface area contributed by atoms with Gasteiger partial charge in [0.25, 0.3) is 0 Å². The van der Waals surface area contributed by atoms with Crippen LogP contribution in [0.25, 0.3) is 0 Å².